The Kier molecular flexibility index (Phi) is 4.97. The molecule has 1 aliphatic carbocycles. The molecule has 0 radical (unpaired) electrons. The van der Waals surface area contributed by atoms with Gasteiger partial charge in [0.05, 0.1) is 18.3 Å². The number of aromatic nitrogens is 2. The largest absolute Gasteiger partial charge is 0.381 e. The van der Waals surface area contributed by atoms with E-state index in [4.69, 9.17) is 9.47 Å². The van der Waals surface area contributed by atoms with Gasteiger partial charge in [-0.3, -0.25) is 9.58 Å². The Bertz CT molecular complexity index is 492. The van der Waals surface area contributed by atoms with E-state index in [9.17, 15) is 0 Å². The zero-order valence-corrected chi connectivity index (χ0v) is 14.0. The van der Waals surface area contributed by atoms with Gasteiger partial charge in [-0.15, -0.1) is 0 Å². The SMILES string of the molecule is c1cc2n(n1)[C@@H](COCC1CCOCC1)CN(C1CCCC1)C2. The molecule has 23 heavy (non-hydrogen) atoms. The molecule has 2 aliphatic heterocycles. The van der Waals surface area contributed by atoms with Crippen LogP contribution in [0, 0.1) is 5.92 Å². The molecule has 2 fully saturated rings. The summed E-state index contributed by atoms with van der Waals surface area (Å²) in [5.74, 6) is 0.676. The van der Waals surface area contributed by atoms with Crippen molar-refractivity contribution in [3.8, 4) is 0 Å². The van der Waals surface area contributed by atoms with Crippen molar-refractivity contribution in [1.82, 2.24) is 14.7 Å². The molecule has 5 heteroatoms. The first-order valence-corrected chi connectivity index (χ1v) is 9.32. The Morgan fingerprint density at radius 3 is 2.78 bits per heavy atom. The third-order valence-electron chi connectivity index (χ3n) is 5.75. The highest BCUT2D eigenvalue weighted by Crippen LogP contribution is 2.30. The van der Waals surface area contributed by atoms with Gasteiger partial charge in [0.2, 0.25) is 0 Å². The first kappa shape index (κ1) is 15.6. The molecule has 4 rings (SSSR count). The fourth-order valence-corrected chi connectivity index (χ4v) is 4.37. The van der Waals surface area contributed by atoms with Crippen LogP contribution in [0.1, 0.15) is 50.3 Å². The number of fused-ring (bicyclic) bond motifs is 1. The summed E-state index contributed by atoms with van der Waals surface area (Å²) in [6.07, 6.45) is 9.75. The molecule has 0 N–H and O–H groups in total. The van der Waals surface area contributed by atoms with E-state index >= 15 is 0 Å². The molecule has 0 unspecified atom stereocenters. The molecule has 3 heterocycles. The second-order valence-electron chi connectivity index (χ2n) is 7.38. The summed E-state index contributed by atoms with van der Waals surface area (Å²) in [6.45, 7) is 5.61. The molecule has 1 saturated heterocycles. The quantitative estimate of drug-likeness (QED) is 0.836. The van der Waals surface area contributed by atoms with Gasteiger partial charge in [-0.1, -0.05) is 12.8 Å². The van der Waals surface area contributed by atoms with Crippen LogP contribution in [-0.2, 0) is 16.0 Å². The highest BCUT2D eigenvalue weighted by molar-refractivity contribution is 5.06. The van der Waals surface area contributed by atoms with Gasteiger partial charge in [-0.2, -0.15) is 5.10 Å². The Balaban J connectivity index is 1.34. The maximum absolute atomic E-state index is 6.11. The maximum atomic E-state index is 6.11. The lowest BCUT2D eigenvalue weighted by molar-refractivity contribution is 0.000621. The number of hydrogen-bond donors (Lipinski definition) is 0. The van der Waals surface area contributed by atoms with Crippen LogP contribution in [0.2, 0.25) is 0 Å². The highest BCUT2D eigenvalue weighted by atomic mass is 16.5. The Hall–Kier alpha value is -0.910. The predicted octanol–water partition coefficient (Wildman–Crippen LogP) is 2.63. The highest BCUT2D eigenvalue weighted by Gasteiger charge is 2.31. The van der Waals surface area contributed by atoms with Gasteiger partial charge in [-0.25, -0.2) is 0 Å². The van der Waals surface area contributed by atoms with Crippen LogP contribution in [0.3, 0.4) is 0 Å². The second kappa shape index (κ2) is 7.32. The minimum atomic E-state index is 0.370. The van der Waals surface area contributed by atoms with Gasteiger partial charge in [0, 0.05) is 45.1 Å². The molecule has 128 valence electrons. The smallest absolute Gasteiger partial charge is 0.0883 e. The third-order valence-corrected chi connectivity index (χ3v) is 5.75. The summed E-state index contributed by atoms with van der Waals surface area (Å²) in [7, 11) is 0. The molecule has 0 spiro atoms. The lowest BCUT2D eigenvalue weighted by Gasteiger charge is -2.37. The number of rotatable bonds is 5. The van der Waals surface area contributed by atoms with Gasteiger partial charge in [0.25, 0.3) is 0 Å². The minimum Gasteiger partial charge on any atom is -0.381 e. The van der Waals surface area contributed by atoms with Crippen LogP contribution in [0.15, 0.2) is 12.3 Å². The molecule has 0 bridgehead atoms. The van der Waals surface area contributed by atoms with E-state index in [1.54, 1.807) is 0 Å². The Morgan fingerprint density at radius 2 is 1.96 bits per heavy atom. The van der Waals surface area contributed by atoms with Crippen LogP contribution in [0.5, 0.6) is 0 Å². The van der Waals surface area contributed by atoms with Crippen molar-refractivity contribution in [2.45, 2.75) is 57.2 Å². The summed E-state index contributed by atoms with van der Waals surface area (Å²) < 4.78 is 13.7. The molecule has 1 atom stereocenters. The van der Waals surface area contributed by atoms with E-state index in [0.29, 0.717) is 12.0 Å². The summed E-state index contributed by atoms with van der Waals surface area (Å²) in [6, 6.07) is 3.32. The zero-order chi connectivity index (χ0) is 15.5. The summed E-state index contributed by atoms with van der Waals surface area (Å²) in [5, 5.41) is 4.55. The van der Waals surface area contributed by atoms with Crippen LogP contribution in [-0.4, -0.2) is 53.7 Å². The van der Waals surface area contributed by atoms with Crippen molar-refractivity contribution < 1.29 is 9.47 Å². The molecule has 0 aromatic carbocycles. The molecular formula is C18H29N3O2. The fourth-order valence-electron chi connectivity index (χ4n) is 4.37. The van der Waals surface area contributed by atoms with Crippen LogP contribution in [0.25, 0.3) is 0 Å². The average Bonchev–Trinajstić information content (AvgIpc) is 3.27. The van der Waals surface area contributed by atoms with Crippen molar-refractivity contribution in [3.63, 3.8) is 0 Å². The number of ether oxygens (including phenoxy) is 2. The van der Waals surface area contributed by atoms with Crippen LogP contribution < -0.4 is 0 Å². The molecule has 1 aromatic heterocycles. The van der Waals surface area contributed by atoms with Gasteiger partial charge in [-0.05, 0) is 37.7 Å². The van der Waals surface area contributed by atoms with E-state index in [-0.39, 0.29) is 0 Å². The minimum absolute atomic E-state index is 0.370. The van der Waals surface area contributed by atoms with Gasteiger partial charge >= 0.3 is 0 Å². The number of hydrogen-bond acceptors (Lipinski definition) is 4. The fraction of sp³-hybridized carbons (Fsp3) is 0.833. The lowest BCUT2D eigenvalue weighted by atomic mass is 10.0. The van der Waals surface area contributed by atoms with Gasteiger partial charge < -0.3 is 9.47 Å². The third kappa shape index (κ3) is 3.62. The van der Waals surface area contributed by atoms with E-state index in [0.717, 1.165) is 58.4 Å². The molecule has 0 amide bonds. The molecule has 1 saturated carbocycles. The van der Waals surface area contributed by atoms with Crippen LogP contribution >= 0.6 is 0 Å². The van der Waals surface area contributed by atoms with E-state index in [1.165, 1.54) is 31.4 Å². The van der Waals surface area contributed by atoms with Gasteiger partial charge in [0.1, 0.15) is 0 Å². The number of nitrogens with zero attached hydrogens (tertiary/aromatic N) is 3. The normalized spacial score (nSPS) is 27.4. The van der Waals surface area contributed by atoms with E-state index in [2.05, 4.69) is 20.7 Å². The van der Waals surface area contributed by atoms with Crippen molar-refractivity contribution >= 4 is 0 Å². The second-order valence-corrected chi connectivity index (χ2v) is 7.38. The molecular weight excluding hydrogens is 290 g/mol. The standard InChI is InChI=1S/C18H29N3O2/c1-2-4-16(3-1)20-11-17-5-8-19-21(17)18(12-20)14-23-13-15-6-9-22-10-7-15/h5,8,15-16,18H,1-4,6-7,9-14H2/t18-/m1/s1. The Labute approximate surface area is 138 Å². The van der Waals surface area contributed by atoms with E-state index < -0.39 is 0 Å². The van der Waals surface area contributed by atoms with E-state index in [1.807, 2.05) is 6.20 Å². The zero-order valence-electron chi connectivity index (χ0n) is 14.0. The van der Waals surface area contributed by atoms with Crippen LogP contribution in [0.4, 0.5) is 0 Å². The molecule has 1 aromatic rings. The predicted molar refractivity (Wildman–Crippen MR) is 88.3 cm³/mol. The monoisotopic (exact) mass is 319 g/mol. The van der Waals surface area contributed by atoms with Crippen molar-refractivity contribution in [1.29, 1.82) is 0 Å². The summed E-state index contributed by atoms with van der Waals surface area (Å²) in [5.41, 5.74) is 1.35. The average molecular weight is 319 g/mol. The maximum Gasteiger partial charge on any atom is 0.0883 e. The molecule has 5 nitrogen and oxygen atoms in total. The lowest BCUT2D eigenvalue weighted by Crippen LogP contribution is -2.44. The first-order chi connectivity index (χ1) is 11.4. The first-order valence-electron chi connectivity index (χ1n) is 9.32. The molecule has 3 aliphatic rings. The topological polar surface area (TPSA) is 39.5 Å². The summed E-state index contributed by atoms with van der Waals surface area (Å²) in [4.78, 5) is 2.67. The van der Waals surface area contributed by atoms with Crippen molar-refractivity contribution in [3.05, 3.63) is 18.0 Å². The van der Waals surface area contributed by atoms with Crippen molar-refractivity contribution in [2.75, 3.05) is 33.0 Å². The van der Waals surface area contributed by atoms with Crippen molar-refractivity contribution in [2.24, 2.45) is 5.92 Å². The Morgan fingerprint density at radius 1 is 1.13 bits per heavy atom. The van der Waals surface area contributed by atoms with Gasteiger partial charge in [0.15, 0.2) is 0 Å². The summed E-state index contributed by atoms with van der Waals surface area (Å²) >= 11 is 0.